The number of rotatable bonds is 1. The van der Waals surface area contributed by atoms with Crippen LogP contribution in [0.3, 0.4) is 0 Å². The second-order valence-electron chi connectivity index (χ2n) is 2.48. The van der Waals surface area contributed by atoms with E-state index in [1.54, 1.807) is 0 Å². The number of nitrogens with zero attached hydrogens (tertiary/aromatic N) is 3. The molecule has 1 heterocycles. The fraction of sp³-hybridized carbons (Fsp3) is 1.00. The normalized spacial score (nSPS) is 41.9. The molecule has 1 aliphatic rings. The van der Waals surface area contributed by atoms with Crippen molar-refractivity contribution in [1.82, 2.24) is 0 Å². The summed E-state index contributed by atoms with van der Waals surface area (Å²) in [6, 6.07) is -0.839. The second kappa shape index (κ2) is 3.70. The van der Waals surface area contributed by atoms with Crippen LogP contribution in [0.25, 0.3) is 10.4 Å². The van der Waals surface area contributed by atoms with Crippen LogP contribution >= 0.6 is 0 Å². The van der Waals surface area contributed by atoms with E-state index in [1.165, 1.54) is 0 Å². The van der Waals surface area contributed by atoms with Crippen molar-refractivity contribution in [2.45, 2.75) is 24.5 Å². The van der Waals surface area contributed by atoms with Crippen molar-refractivity contribution in [3.63, 3.8) is 0 Å². The minimum atomic E-state index is -1.42. The maximum absolute atomic E-state index is 9.18. The van der Waals surface area contributed by atoms with Crippen molar-refractivity contribution in [3.8, 4) is 0 Å². The Balaban J connectivity index is 2.64. The molecule has 4 atom stereocenters. The van der Waals surface area contributed by atoms with E-state index in [-0.39, 0.29) is 6.61 Å². The lowest BCUT2D eigenvalue weighted by Crippen LogP contribution is -2.51. The van der Waals surface area contributed by atoms with Gasteiger partial charge in [-0.05, 0) is 5.53 Å². The summed E-state index contributed by atoms with van der Waals surface area (Å²) in [6.07, 6.45) is -4.11. The van der Waals surface area contributed by atoms with Gasteiger partial charge < -0.3 is 20.1 Å². The Bertz CT molecular complexity index is 205. The zero-order chi connectivity index (χ0) is 9.14. The minimum Gasteiger partial charge on any atom is -0.390 e. The van der Waals surface area contributed by atoms with Gasteiger partial charge >= 0.3 is 0 Å². The Hall–Kier alpha value is -0.850. The molecule has 1 fully saturated rings. The molecule has 7 heteroatoms. The van der Waals surface area contributed by atoms with Gasteiger partial charge in [0.25, 0.3) is 0 Å². The number of ether oxygens (including phenoxy) is 1. The third kappa shape index (κ3) is 1.66. The maximum Gasteiger partial charge on any atom is 0.183 e. The van der Waals surface area contributed by atoms with E-state index in [4.69, 9.17) is 15.7 Å². The minimum absolute atomic E-state index is 0.0938. The molecule has 0 aliphatic carbocycles. The summed E-state index contributed by atoms with van der Waals surface area (Å²) in [6.45, 7) is -0.0938. The molecule has 2 unspecified atom stereocenters. The van der Waals surface area contributed by atoms with Crippen LogP contribution in [0.1, 0.15) is 0 Å². The first kappa shape index (κ1) is 9.24. The van der Waals surface area contributed by atoms with Crippen LogP contribution in [0.5, 0.6) is 0 Å². The van der Waals surface area contributed by atoms with E-state index >= 15 is 0 Å². The average molecular weight is 175 g/mol. The highest BCUT2D eigenvalue weighted by Crippen LogP contribution is 2.15. The zero-order valence-electron chi connectivity index (χ0n) is 6.11. The third-order valence-corrected chi connectivity index (χ3v) is 1.67. The van der Waals surface area contributed by atoms with Gasteiger partial charge in [-0.3, -0.25) is 0 Å². The molecule has 0 amide bonds. The standard InChI is InChI=1S/C5H9N3O4/c6-8-7-2-1-12-5(11)4(10)3(2)9/h2-5,9-11H,1H2/t2-,3?,4?,5+/m0/s1. The summed E-state index contributed by atoms with van der Waals surface area (Å²) in [5.74, 6) is 0. The molecule has 7 nitrogen and oxygen atoms in total. The Labute approximate surface area is 67.8 Å². The first-order chi connectivity index (χ1) is 5.66. The van der Waals surface area contributed by atoms with Crippen LogP contribution in [0, 0.1) is 0 Å². The van der Waals surface area contributed by atoms with Crippen LogP contribution in [0.2, 0.25) is 0 Å². The summed E-state index contributed by atoms with van der Waals surface area (Å²) in [7, 11) is 0. The molecule has 0 spiro atoms. The molecule has 0 aromatic carbocycles. The molecule has 1 aliphatic heterocycles. The van der Waals surface area contributed by atoms with Gasteiger partial charge in [0.1, 0.15) is 6.10 Å². The van der Waals surface area contributed by atoms with E-state index in [2.05, 4.69) is 14.8 Å². The van der Waals surface area contributed by atoms with Gasteiger partial charge in [0.15, 0.2) is 6.29 Å². The summed E-state index contributed by atoms with van der Waals surface area (Å²) in [5.41, 5.74) is 8.04. The lowest BCUT2D eigenvalue weighted by molar-refractivity contribution is -0.225. The Kier molecular flexibility index (Phi) is 2.85. The first-order valence-electron chi connectivity index (χ1n) is 3.37. The monoisotopic (exact) mass is 175 g/mol. The van der Waals surface area contributed by atoms with Crippen LogP contribution in [-0.4, -0.2) is 46.5 Å². The lowest BCUT2D eigenvalue weighted by Gasteiger charge is -2.32. The largest absolute Gasteiger partial charge is 0.390 e. The van der Waals surface area contributed by atoms with E-state index in [0.29, 0.717) is 0 Å². The maximum atomic E-state index is 9.18. The smallest absolute Gasteiger partial charge is 0.183 e. The molecule has 0 radical (unpaired) electrons. The molecule has 0 bridgehead atoms. The van der Waals surface area contributed by atoms with Gasteiger partial charge in [-0.1, -0.05) is 5.11 Å². The van der Waals surface area contributed by atoms with E-state index in [9.17, 15) is 5.11 Å². The van der Waals surface area contributed by atoms with Crippen molar-refractivity contribution in [2.75, 3.05) is 6.61 Å². The lowest BCUT2D eigenvalue weighted by atomic mass is 10.0. The molecule has 68 valence electrons. The molecule has 0 saturated carbocycles. The van der Waals surface area contributed by atoms with Gasteiger partial charge in [-0.2, -0.15) is 0 Å². The summed E-state index contributed by atoms with van der Waals surface area (Å²) < 4.78 is 4.61. The zero-order valence-corrected chi connectivity index (χ0v) is 6.11. The molecular formula is C5H9N3O4. The van der Waals surface area contributed by atoms with Crippen molar-refractivity contribution in [1.29, 1.82) is 0 Å². The first-order valence-corrected chi connectivity index (χ1v) is 3.37. The highest BCUT2D eigenvalue weighted by molar-refractivity contribution is 4.87. The van der Waals surface area contributed by atoms with Gasteiger partial charge in [0.2, 0.25) is 0 Å². The SMILES string of the molecule is [N-]=[N+]=N[C@H]1CO[C@@H](O)C(O)C1O. The summed E-state index contributed by atoms with van der Waals surface area (Å²) in [5, 5.41) is 30.3. The predicted molar refractivity (Wildman–Crippen MR) is 36.9 cm³/mol. The highest BCUT2D eigenvalue weighted by atomic mass is 16.6. The molecule has 1 saturated heterocycles. The topological polar surface area (TPSA) is 119 Å². The molecular weight excluding hydrogens is 166 g/mol. The molecule has 0 aromatic rings. The molecule has 1 rings (SSSR count). The van der Waals surface area contributed by atoms with Gasteiger partial charge in [0.05, 0.1) is 18.8 Å². The molecule has 0 aromatic heterocycles. The van der Waals surface area contributed by atoms with Crippen LogP contribution in [0.15, 0.2) is 5.11 Å². The number of aliphatic hydroxyl groups excluding tert-OH is 3. The number of aliphatic hydroxyl groups is 3. The molecule has 3 N–H and O–H groups in total. The Morgan fingerprint density at radius 1 is 1.33 bits per heavy atom. The van der Waals surface area contributed by atoms with Crippen LogP contribution in [0.4, 0.5) is 0 Å². The van der Waals surface area contributed by atoms with Crippen molar-refractivity contribution >= 4 is 0 Å². The third-order valence-electron chi connectivity index (χ3n) is 1.67. The Morgan fingerprint density at radius 2 is 2.00 bits per heavy atom. The molecule has 12 heavy (non-hydrogen) atoms. The van der Waals surface area contributed by atoms with Gasteiger partial charge in [0, 0.05) is 4.91 Å². The number of hydrogen-bond acceptors (Lipinski definition) is 5. The van der Waals surface area contributed by atoms with Crippen molar-refractivity contribution < 1.29 is 20.1 Å². The average Bonchev–Trinajstić information content (AvgIpc) is 2.07. The van der Waals surface area contributed by atoms with Crippen molar-refractivity contribution in [2.24, 2.45) is 5.11 Å². The van der Waals surface area contributed by atoms with E-state index < -0.39 is 24.5 Å². The van der Waals surface area contributed by atoms with Crippen LogP contribution in [-0.2, 0) is 4.74 Å². The van der Waals surface area contributed by atoms with E-state index in [0.717, 1.165) is 0 Å². The Morgan fingerprint density at radius 3 is 2.58 bits per heavy atom. The number of hydrogen-bond donors (Lipinski definition) is 3. The van der Waals surface area contributed by atoms with Crippen LogP contribution < -0.4 is 0 Å². The summed E-state index contributed by atoms with van der Waals surface area (Å²) >= 11 is 0. The fourth-order valence-electron chi connectivity index (χ4n) is 0.959. The highest BCUT2D eigenvalue weighted by Gasteiger charge is 2.36. The van der Waals surface area contributed by atoms with Gasteiger partial charge in [-0.15, -0.1) is 0 Å². The second-order valence-corrected chi connectivity index (χ2v) is 2.48. The fourth-order valence-corrected chi connectivity index (χ4v) is 0.959. The van der Waals surface area contributed by atoms with E-state index in [1.807, 2.05) is 0 Å². The summed E-state index contributed by atoms with van der Waals surface area (Å²) in [4.78, 5) is 2.46. The van der Waals surface area contributed by atoms with Crippen molar-refractivity contribution in [3.05, 3.63) is 10.4 Å². The quantitative estimate of drug-likeness (QED) is 0.261. The predicted octanol–water partition coefficient (Wildman–Crippen LogP) is -1.26. The van der Waals surface area contributed by atoms with Gasteiger partial charge in [-0.25, -0.2) is 0 Å². The number of azide groups is 1.